The molecule has 0 rings (SSSR count). The molecule has 0 heterocycles. The third kappa shape index (κ3) is 27.4. The molecular weight excluding hydrogens is 187 g/mol. The standard InChI is InChI=1S/C5H11N.C2H6.Y/c1-4-5-6(2)3;1-2;/h1-2,4-5H2,3H3;1-2H3;/q-2;;. The molecule has 0 aromatic rings. The Labute approximate surface area is 85.1 Å². The SMILES string of the molecule is CC.[CH2-]CCN([CH2-])C.[Y]. The first-order valence-electron chi connectivity index (χ1n) is 3.08. The van der Waals surface area contributed by atoms with Crippen molar-refractivity contribution in [2.75, 3.05) is 13.6 Å². The topological polar surface area (TPSA) is 3.24 Å². The summed E-state index contributed by atoms with van der Waals surface area (Å²) in [4.78, 5) is 1.87. The van der Waals surface area contributed by atoms with E-state index in [1.165, 1.54) is 0 Å². The first-order chi connectivity index (χ1) is 3.77. The molecule has 0 N–H and O–H groups in total. The molecule has 2 heteroatoms. The average molecular weight is 204 g/mol. The fraction of sp³-hybridized carbons (Fsp3) is 0.714. The second-order valence-corrected chi connectivity index (χ2v) is 1.43. The Morgan fingerprint density at radius 1 is 1.33 bits per heavy atom. The summed E-state index contributed by atoms with van der Waals surface area (Å²) in [6, 6.07) is 0. The third-order valence-corrected chi connectivity index (χ3v) is 0.540. The van der Waals surface area contributed by atoms with E-state index in [1.807, 2.05) is 25.8 Å². The van der Waals surface area contributed by atoms with Crippen molar-refractivity contribution in [3.8, 4) is 0 Å². The minimum absolute atomic E-state index is 0. The van der Waals surface area contributed by atoms with Crippen LogP contribution >= 0.6 is 0 Å². The summed E-state index contributed by atoms with van der Waals surface area (Å²) >= 11 is 0. The Balaban J connectivity index is -0.000000109. The molecule has 0 saturated carbocycles. The minimum atomic E-state index is 0. The van der Waals surface area contributed by atoms with Crippen LogP contribution in [0, 0.1) is 14.0 Å². The predicted octanol–water partition coefficient (Wildman–Crippen LogP) is 1.96. The smallest absolute Gasteiger partial charge is 0 e. The second-order valence-electron chi connectivity index (χ2n) is 1.43. The van der Waals surface area contributed by atoms with E-state index in [0.717, 1.165) is 13.0 Å². The van der Waals surface area contributed by atoms with Crippen molar-refractivity contribution in [1.82, 2.24) is 4.90 Å². The van der Waals surface area contributed by atoms with Crippen LogP contribution in [0.5, 0.6) is 0 Å². The Kier molecular flexibility index (Phi) is 29.5. The van der Waals surface area contributed by atoms with Crippen molar-refractivity contribution in [1.29, 1.82) is 0 Å². The Morgan fingerprint density at radius 2 is 1.67 bits per heavy atom. The molecule has 0 fully saturated rings. The Morgan fingerprint density at radius 3 is 1.67 bits per heavy atom. The first kappa shape index (κ1) is 16.6. The van der Waals surface area contributed by atoms with Gasteiger partial charge < -0.3 is 11.8 Å². The van der Waals surface area contributed by atoms with Crippen molar-refractivity contribution >= 4 is 0 Å². The molecule has 0 aromatic carbocycles. The zero-order valence-electron chi connectivity index (χ0n) is 6.85. The third-order valence-electron chi connectivity index (χ3n) is 0.540. The number of nitrogens with zero attached hydrogens (tertiary/aromatic N) is 1. The van der Waals surface area contributed by atoms with Gasteiger partial charge in [0.25, 0.3) is 0 Å². The van der Waals surface area contributed by atoms with Gasteiger partial charge in [-0.15, -0.1) is 0 Å². The van der Waals surface area contributed by atoms with E-state index >= 15 is 0 Å². The molecule has 0 saturated heterocycles. The van der Waals surface area contributed by atoms with Crippen LogP contribution in [0.4, 0.5) is 0 Å². The van der Waals surface area contributed by atoms with Crippen LogP contribution < -0.4 is 0 Å². The van der Waals surface area contributed by atoms with E-state index in [4.69, 9.17) is 0 Å². The van der Waals surface area contributed by atoms with E-state index in [2.05, 4.69) is 14.0 Å². The fourth-order valence-electron chi connectivity index (χ4n) is 0.270. The first-order valence-corrected chi connectivity index (χ1v) is 3.08. The van der Waals surface area contributed by atoms with Gasteiger partial charge in [-0.1, -0.05) is 20.4 Å². The normalized spacial score (nSPS) is 7.33. The molecule has 1 radical (unpaired) electrons. The van der Waals surface area contributed by atoms with Crippen molar-refractivity contribution in [2.24, 2.45) is 0 Å². The van der Waals surface area contributed by atoms with Gasteiger partial charge in [0.1, 0.15) is 0 Å². The molecule has 0 bridgehead atoms. The van der Waals surface area contributed by atoms with Crippen LogP contribution in [0.15, 0.2) is 0 Å². The van der Waals surface area contributed by atoms with Crippen LogP contribution in [-0.2, 0) is 32.7 Å². The molecular formula is C7H17NY-2. The molecule has 0 spiro atoms. The van der Waals surface area contributed by atoms with Gasteiger partial charge >= 0.3 is 0 Å². The van der Waals surface area contributed by atoms with E-state index in [-0.39, 0.29) is 32.7 Å². The van der Waals surface area contributed by atoms with E-state index in [0.29, 0.717) is 0 Å². The van der Waals surface area contributed by atoms with Crippen molar-refractivity contribution < 1.29 is 32.7 Å². The van der Waals surface area contributed by atoms with Gasteiger partial charge in [-0.25, -0.2) is 0 Å². The molecule has 0 atom stereocenters. The molecule has 0 amide bonds. The minimum Gasteiger partial charge on any atom is -0.464 e. The van der Waals surface area contributed by atoms with Crippen LogP contribution in [0.2, 0.25) is 0 Å². The monoisotopic (exact) mass is 204 g/mol. The summed E-state index contributed by atoms with van der Waals surface area (Å²) in [6.07, 6.45) is 0.944. The maximum absolute atomic E-state index is 3.64. The van der Waals surface area contributed by atoms with Gasteiger partial charge in [-0.3, -0.25) is 7.05 Å². The van der Waals surface area contributed by atoms with Gasteiger partial charge in [0.05, 0.1) is 0 Å². The zero-order valence-corrected chi connectivity index (χ0v) is 9.69. The number of rotatable bonds is 2. The maximum atomic E-state index is 3.64. The zero-order chi connectivity index (χ0) is 6.99. The Bertz CT molecular complexity index is 30.1. The number of hydrogen-bond donors (Lipinski definition) is 0. The van der Waals surface area contributed by atoms with Gasteiger partial charge in [-0.2, -0.15) is 6.42 Å². The molecule has 0 aliphatic heterocycles. The van der Waals surface area contributed by atoms with Gasteiger partial charge in [0.15, 0.2) is 0 Å². The summed E-state index contributed by atoms with van der Waals surface area (Å²) in [5.41, 5.74) is 0. The molecule has 1 nitrogen and oxygen atoms in total. The summed E-state index contributed by atoms with van der Waals surface area (Å²) in [5.74, 6) is 0. The molecule has 0 aromatic heterocycles. The fourth-order valence-corrected chi connectivity index (χ4v) is 0.270. The summed E-state index contributed by atoms with van der Waals surface area (Å²) < 4.78 is 0. The van der Waals surface area contributed by atoms with Crippen LogP contribution in [0.1, 0.15) is 20.3 Å². The van der Waals surface area contributed by atoms with Gasteiger partial charge in [0, 0.05) is 32.7 Å². The molecule has 0 unspecified atom stereocenters. The summed E-state index contributed by atoms with van der Waals surface area (Å²) in [5, 5.41) is 0. The van der Waals surface area contributed by atoms with Crippen LogP contribution in [0.3, 0.4) is 0 Å². The van der Waals surface area contributed by atoms with Crippen molar-refractivity contribution in [3.05, 3.63) is 14.0 Å². The predicted molar refractivity (Wildman–Crippen MR) is 39.3 cm³/mol. The molecule has 0 aliphatic carbocycles. The summed E-state index contributed by atoms with van der Waals surface area (Å²) in [7, 11) is 5.56. The molecule has 0 aliphatic rings. The Hall–Kier alpha value is 1.06. The quantitative estimate of drug-likeness (QED) is 0.621. The van der Waals surface area contributed by atoms with E-state index in [9.17, 15) is 0 Å². The van der Waals surface area contributed by atoms with Crippen molar-refractivity contribution in [3.63, 3.8) is 0 Å². The second kappa shape index (κ2) is 16.0. The van der Waals surface area contributed by atoms with Crippen molar-refractivity contribution in [2.45, 2.75) is 20.3 Å². The average Bonchev–Trinajstić information content (AvgIpc) is 1.72. The van der Waals surface area contributed by atoms with Crippen LogP contribution in [-0.4, -0.2) is 18.5 Å². The maximum Gasteiger partial charge on any atom is 0 e. The van der Waals surface area contributed by atoms with Gasteiger partial charge in [0.2, 0.25) is 0 Å². The van der Waals surface area contributed by atoms with E-state index in [1.54, 1.807) is 0 Å². The molecule has 55 valence electrons. The van der Waals surface area contributed by atoms with E-state index < -0.39 is 0 Å². The molecule has 9 heavy (non-hydrogen) atoms. The van der Waals surface area contributed by atoms with Crippen LogP contribution in [0.25, 0.3) is 0 Å². The summed E-state index contributed by atoms with van der Waals surface area (Å²) in [6.45, 7) is 8.63. The largest absolute Gasteiger partial charge is 0.464 e. The van der Waals surface area contributed by atoms with Gasteiger partial charge in [-0.05, 0) is 7.05 Å². The number of hydrogen-bond acceptors (Lipinski definition) is 1.